The second-order valence-electron chi connectivity index (χ2n) is 6.22. The summed E-state index contributed by atoms with van der Waals surface area (Å²) in [6.07, 6.45) is 0. The number of aromatic amines is 1. The fraction of sp³-hybridized carbons (Fsp3) is 0.0556. The lowest BCUT2D eigenvalue weighted by molar-refractivity contribution is 0.567. The lowest BCUT2D eigenvalue weighted by Gasteiger charge is -2.27. The summed E-state index contributed by atoms with van der Waals surface area (Å²) in [6, 6.07) is 15.2. The molecule has 0 bridgehead atoms. The van der Waals surface area contributed by atoms with Crippen LogP contribution in [0.3, 0.4) is 0 Å². The molecule has 1 atom stereocenters. The number of nitrogens with zero attached hydrogens (tertiary/aromatic N) is 5. The molecule has 0 aliphatic carbocycles. The second kappa shape index (κ2) is 6.64. The van der Waals surface area contributed by atoms with E-state index in [0.717, 1.165) is 20.1 Å². The molecule has 1 aliphatic rings. The quantitative estimate of drug-likeness (QED) is 0.383. The maximum absolute atomic E-state index is 12.6. The molecular formula is C18H11Br2N7O. The van der Waals surface area contributed by atoms with Crippen molar-refractivity contribution in [1.29, 1.82) is 0 Å². The van der Waals surface area contributed by atoms with Crippen molar-refractivity contribution in [3.63, 3.8) is 0 Å². The number of aromatic nitrogens is 6. The highest BCUT2D eigenvalue weighted by Gasteiger charge is 2.34. The fourth-order valence-corrected chi connectivity index (χ4v) is 3.85. The Bertz CT molecular complexity index is 1230. The van der Waals surface area contributed by atoms with Crippen LogP contribution in [-0.2, 0) is 0 Å². The number of tetrazole rings is 1. The summed E-state index contributed by atoms with van der Waals surface area (Å²) in [5.41, 5.74) is 3.24. The van der Waals surface area contributed by atoms with E-state index in [0.29, 0.717) is 22.9 Å². The summed E-state index contributed by atoms with van der Waals surface area (Å²) >= 11 is 6.91. The Kier molecular flexibility index (Phi) is 4.09. The van der Waals surface area contributed by atoms with Gasteiger partial charge in [0.1, 0.15) is 11.7 Å². The molecule has 5 rings (SSSR count). The molecule has 0 saturated carbocycles. The average molecular weight is 501 g/mol. The van der Waals surface area contributed by atoms with E-state index in [2.05, 4.69) is 62.9 Å². The summed E-state index contributed by atoms with van der Waals surface area (Å²) in [5.74, 6) is 0.402. The third-order valence-electron chi connectivity index (χ3n) is 4.57. The van der Waals surface area contributed by atoms with Gasteiger partial charge >= 0.3 is 0 Å². The minimum atomic E-state index is -0.400. The van der Waals surface area contributed by atoms with Crippen LogP contribution in [0.25, 0.3) is 11.3 Å². The Morgan fingerprint density at radius 2 is 1.64 bits per heavy atom. The van der Waals surface area contributed by atoms with Gasteiger partial charge in [-0.2, -0.15) is 9.78 Å². The summed E-state index contributed by atoms with van der Waals surface area (Å²) in [6.45, 7) is 0. The van der Waals surface area contributed by atoms with Crippen LogP contribution < -0.4 is 10.9 Å². The molecule has 0 amide bonds. The van der Waals surface area contributed by atoms with Crippen LogP contribution in [0.4, 0.5) is 11.6 Å². The number of hydrogen-bond donors (Lipinski definition) is 2. The van der Waals surface area contributed by atoms with Crippen molar-refractivity contribution in [2.75, 3.05) is 5.32 Å². The molecule has 1 aliphatic heterocycles. The van der Waals surface area contributed by atoms with Crippen LogP contribution in [0.5, 0.6) is 0 Å². The summed E-state index contributed by atoms with van der Waals surface area (Å²) < 4.78 is 3.58. The third kappa shape index (κ3) is 2.76. The summed E-state index contributed by atoms with van der Waals surface area (Å²) in [7, 11) is 0. The molecule has 2 aromatic carbocycles. The van der Waals surface area contributed by atoms with Gasteiger partial charge in [-0.1, -0.05) is 61.2 Å². The van der Waals surface area contributed by atoms with E-state index in [-0.39, 0.29) is 5.56 Å². The van der Waals surface area contributed by atoms with Crippen LogP contribution in [0.1, 0.15) is 17.2 Å². The summed E-state index contributed by atoms with van der Waals surface area (Å²) in [4.78, 5) is 12.6. The molecule has 0 unspecified atom stereocenters. The van der Waals surface area contributed by atoms with Gasteiger partial charge in [0.15, 0.2) is 0 Å². The van der Waals surface area contributed by atoms with E-state index < -0.39 is 6.04 Å². The van der Waals surface area contributed by atoms with Crippen molar-refractivity contribution in [2.24, 2.45) is 0 Å². The zero-order chi connectivity index (χ0) is 19.3. The first-order valence-corrected chi connectivity index (χ1v) is 9.89. The minimum absolute atomic E-state index is 0.327. The lowest BCUT2D eigenvalue weighted by atomic mass is 9.92. The molecule has 0 fully saturated rings. The van der Waals surface area contributed by atoms with Crippen molar-refractivity contribution < 1.29 is 0 Å². The first-order chi connectivity index (χ1) is 13.6. The Morgan fingerprint density at radius 3 is 2.36 bits per heavy atom. The predicted molar refractivity (Wildman–Crippen MR) is 110 cm³/mol. The lowest BCUT2D eigenvalue weighted by Crippen LogP contribution is -2.29. The van der Waals surface area contributed by atoms with E-state index in [9.17, 15) is 4.79 Å². The van der Waals surface area contributed by atoms with E-state index >= 15 is 0 Å². The maximum Gasteiger partial charge on any atom is 0.288 e. The number of benzene rings is 2. The number of fused-ring (bicyclic) bond motifs is 2. The average Bonchev–Trinajstić information content (AvgIpc) is 3.17. The Balaban J connectivity index is 1.81. The first kappa shape index (κ1) is 17.3. The molecule has 2 N–H and O–H groups in total. The molecule has 28 heavy (non-hydrogen) atoms. The molecular weight excluding hydrogens is 490 g/mol. The first-order valence-electron chi connectivity index (χ1n) is 8.30. The van der Waals surface area contributed by atoms with Gasteiger partial charge in [-0.05, 0) is 40.3 Å². The van der Waals surface area contributed by atoms with E-state index in [1.165, 1.54) is 0 Å². The van der Waals surface area contributed by atoms with E-state index in [1.54, 1.807) is 4.68 Å². The highest BCUT2D eigenvalue weighted by molar-refractivity contribution is 9.10. The van der Waals surface area contributed by atoms with Crippen molar-refractivity contribution in [1.82, 2.24) is 30.4 Å². The van der Waals surface area contributed by atoms with Crippen molar-refractivity contribution in [2.45, 2.75) is 6.04 Å². The van der Waals surface area contributed by atoms with Gasteiger partial charge in [-0.15, -0.1) is 0 Å². The second-order valence-corrected chi connectivity index (χ2v) is 8.05. The Hall–Kier alpha value is -2.85. The van der Waals surface area contributed by atoms with Gasteiger partial charge < -0.3 is 5.32 Å². The van der Waals surface area contributed by atoms with Crippen molar-refractivity contribution >= 4 is 43.5 Å². The van der Waals surface area contributed by atoms with Gasteiger partial charge in [0, 0.05) is 20.1 Å². The fourth-order valence-electron chi connectivity index (χ4n) is 3.32. The zero-order valence-electron chi connectivity index (χ0n) is 14.1. The van der Waals surface area contributed by atoms with Gasteiger partial charge in [-0.25, -0.2) is 5.10 Å². The van der Waals surface area contributed by atoms with Crippen LogP contribution in [0, 0.1) is 0 Å². The molecule has 3 heterocycles. The molecule has 4 aromatic rings. The molecule has 138 valence electrons. The van der Waals surface area contributed by atoms with E-state index in [1.807, 2.05) is 48.5 Å². The minimum Gasteiger partial charge on any atom is -0.318 e. The summed E-state index contributed by atoms with van der Waals surface area (Å²) in [5, 5.41) is 21.9. The normalized spacial score (nSPS) is 14.9. The Labute approximate surface area is 175 Å². The van der Waals surface area contributed by atoms with E-state index in [4.69, 9.17) is 0 Å². The maximum atomic E-state index is 12.6. The highest BCUT2D eigenvalue weighted by atomic mass is 79.9. The van der Waals surface area contributed by atoms with Crippen LogP contribution in [0.15, 0.2) is 62.3 Å². The molecule has 0 radical (unpaired) electrons. The van der Waals surface area contributed by atoms with Crippen LogP contribution >= 0.6 is 31.9 Å². The SMILES string of the molecule is O=c1[nH]nc(-c2ccc(Br)cc2)c2c1Nc1nnnn1[C@H]2c1ccc(Br)cc1. The monoisotopic (exact) mass is 499 g/mol. The zero-order valence-corrected chi connectivity index (χ0v) is 17.3. The largest absolute Gasteiger partial charge is 0.318 e. The van der Waals surface area contributed by atoms with Gasteiger partial charge in [0.25, 0.3) is 5.56 Å². The number of halogens is 2. The number of H-pyrrole nitrogens is 1. The third-order valence-corrected chi connectivity index (χ3v) is 5.63. The Morgan fingerprint density at radius 1 is 0.964 bits per heavy atom. The smallest absolute Gasteiger partial charge is 0.288 e. The highest BCUT2D eigenvalue weighted by Crippen LogP contribution is 2.41. The van der Waals surface area contributed by atoms with Gasteiger partial charge in [0.05, 0.1) is 5.69 Å². The predicted octanol–water partition coefficient (Wildman–Crippen LogP) is 3.64. The van der Waals surface area contributed by atoms with Crippen LogP contribution in [0.2, 0.25) is 0 Å². The standard InChI is InChI=1S/C18H11Br2N7O/c19-11-5-1-9(2-6-11)14-13-15(17(28)23-22-14)21-18-24-25-26-27(18)16(13)10-3-7-12(20)8-4-10/h1-8,16H,(H,23,28)(H,21,24,26)/t16-/m0/s1. The molecule has 10 heteroatoms. The topological polar surface area (TPSA) is 101 Å². The van der Waals surface area contributed by atoms with Crippen molar-refractivity contribution in [3.8, 4) is 11.3 Å². The number of anilines is 2. The molecule has 0 saturated heterocycles. The van der Waals surface area contributed by atoms with Gasteiger partial charge in [-0.3, -0.25) is 4.79 Å². The number of nitrogens with one attached hydrogen (secondary N) is 2. The molecule has 0 spiro atoms. The van der Waals surface area contributed by atoms with Gasteiger partial charge in [0.2, 0.25) is 5.95 Å². The van der Waals surface area contributed by atoms with Crippen molar-refractivity contribution in [3.05, 3.63) is 79.0 Å². The number of hydrogen-bond acceptors (Lipinski definition) is 6. The molecule has 2 aromatic heterocycles. The number of rotatable bonds is 2. The van der Waals surface area contributed by atoms with Crippen LogP contribution in [-0.4, -0.2) is 30.4 Å². The molecule has 8 nitrogen and oxygen atoms in total.